The van der Waals surface area contributed by atoms with Gasteiger partial charge in [-0.2, -0.15) is 11.8 Å². The first-order valence-electron chi connectivity index (χ1n) is 6.34. The second-order valence-corrected chi connectivity index (χ2v) is 9.17. The van der Waals surface area contributed by atoms with Crippen molar-refractivity contribution in [1.29, 1.82) is 0 Å². The Morgan fingerprint density at radius 1 is 1.52 bits per heavy atom. The fourth-order valence-electron chi connectivity index (χ4n) is 2.13. The van der Waals surface area contributed by atoms with E-state index in [1.165, 1.54) is 7.05 Å². The van der Waals surface area contributed by atoms with Crippen molar-refractivity contribution in [3.63, 3.8) is 0 Å². The number of sulfonamides is 1. The number of thioether (sulfide) groups is 1. The van der Waals surface area contributed by atoms with E-state index in [0.29, 0.717) is 6.54 Å². The maximum Gasteiger partial charge on any atom is 0.304 e. The average molecular weight is 351 g/mol. The van der Waals surface area contributed by atoms with Gasteiger partial charge in [0.2, 0.25) is 10.0 Å². The van der Waals surface area contributed by atoms with Gasteiger partial charge >= 0.3 is 5.69 Å². The Bertz CT molecular complexity index is 632. The standard InChI is InChI=1S/C11H17N3O4S3/c1-12-10-8(14(15)16)6-9(20-10)21(17,18)13-7-11(19-2)4-3-5-11/h6,12-13H,3-5,7H2,1-2H3. The van der Waals surface area contributed by atoms with Crippen LogP contribution in [0.4, 0.5) is 10.7 Å². The number of hydrogen-bond acceptors (Lipinski definition) is 7. The van der Waals surface area contributed by atoms with Gasteiger partial charge in [0, 0.05) is 24.4 Å². The van der Waals surface area contributed by atoms with Crippen LogP contribution in [-0.2, 0) is 10.0 Å². The number of nitro groups is 1. The first-order valence-corrected chi connectivity index (χ1v) is 9.87. The Morgan fingerprint density at radius 3 is 2.57 bits per heavy atom. The molecule has 21 heavy (non-hydrogen) atoms. The van der Waals surface area contributed by atoms with Crippen LogP contribution in [0, 0.1) is 10.1 Å². The number of nitrogens with zero attached hydrogens (tertiary/aromatic N) is 1. The van der Waals surface area contributed by atoms with Gasteiger partial charge in [-0.15, -0.1) is 0 Å². The molecule has 1 fully saturated rings. The highest BCUT2D eigenvalue weighted by molar-refractivity contribution is 8.00. The normalized spacial score (nSPS) is 17.2. The number of anilines is 1. The molecule has 0 saturated heterocycles. The van der Waals surface area contributed by atoms with Crippen molar-refractivity contribution in [2.24, 2.45) is 0 Å². The highest BCUT2D eigenvalue weighted by atomic mass is 32.2. The van der Waals surface area contributed by atoms with Crippen molar-refractivity contribution >= 4 is 43.8 Å². The van der Waals surface area contributed by atoms with E-state index < -0.39 is 14.9 Å². The second kappa shape index (κ2) is 6.11. The fourth-order valence-corrected chi connectivity index (χ4v) is 5.59. The minimum Gasteiger partial charge on any atom is -0.374 e. The SMILES string of the molecule is CNc1sc(S(=O)(=O)NCC2(SC)CCC2)cc1[N+](=O)[O-]. The van der Waals surface area contributed by atoms with Crippen LogP contribution in [0.25, 0.3) is 0 Å². The smallest absolute Gasteiger partial charge is 0.304 e. The van der Waals surface area contributed by atoms with Crippen LogP contribution >= 0.6 is 23.1 Å². The molecule has 0 aliphatic heterocycles. The Hall–Kier alpha value is -0.840. The molecule has 7 nitrogen and oxygen atoms in total. The lowest BCUT2D eigenvalue weighted by molar-refractivity contribution is -0.383. The summed E-state index contributed by atoms with van der Waals surface area (Å²) in [5.74, 6) is 0. The summed E-state index contributed by atoms with van der Waals surface area (Å²) in [4.78, 5) is 10.3. The predicted octanol–water partition coefficient (Wildman–Crippen LogP) is 2.26. The maximum absolute atomic E-state index is 12.3. The second-order valence-electron chi connectivity index (χ2n) is 4.85. The highest BCUT2D eigenvalue weighted by Crippen LogP contribution is 2.43. The molecule has 10 heteroatoms. The van der Waals surface area contributed by atoms with Gasteiger partial charge in [0.25, 0.3) is 0 Å². The Labute approximate surface area is 131 Å². The van der Waals surface area contributed by atoms with Crippen molar-refractivity contribution in [2.45, 2.75) is 28.2 Å². The maximum atomic E-state index is 12.3. The van der Waals surface area contributed by atoms with Gasteiger partial charge in [-0.25, -0.2) is 13.1 Å². The van der Waals surface area contributed by atoms with Gasteiger partial charge in [-0.05, 0) is 19.1 Å². The number of rotatable bonds is 7. The molecule has 1 aromatic rings. The predicted molar refractivity (Wildman–Crippen MR) is 85.8 cm³/mol. The molecular weight excluding hydrogens is 334 g/mol. The van der Waals surface area contributed by atoms with Crippen LogP contribution in [0.5, 0.6) is 0 Å². The molecule has 1 aromatic heterocycles. The molecule has 1 aliphatic carbocycles. The van der Waals surface area contributed by atoms with E-state index in [0.717, 1.165) is 36.7 Å². The van der Waals surface area contributed by atoms with Crippen LogP contribution in [0.3, 0.4) is 0 Å². The fraction of sp³-hybridized carbons (Fsp3) is 0.636. The topological polar surface area (TPSA) is 101 Å². The molecule has 0 spiro atoms. The summed E-state index contributed by atoms with van der Waals surface area (Å²) in [5, 5.41) is 13.8. The Morgan fingerprint density at radius 2 is 2.19 bits per heavy atom. The molecular formula is C11H17N3O4S3. The van der Waals surface area contributed by atoms with Gasteiger partial charge in [-0.3, -0.25) is 10.1 Å². The molecule has 0 aromatic carbocycles. The summed E-state index contributed by atoms with van der Waals surface area (Å²) in [7, 11) is -2.19. The van der Waals surface area contributed by atoms with Gasteiger partial charge < -0.3 is 5.32 Å². The van der Waals surface area contributed by atoms with E-state index in [-0.39, 0.29) is 19.6 Å². The van der Waals surface area contributed by atoms with Crippen molar-refractivity contribution < 1.29 is 13.3 Å². The molecule has 0 bridgehead atoms. The van der Waals surface area contributed by atoms with E-state index in [4.69, 9.17) is 0 Å². The Kier molecular flexibility index (Phi) is 4.81. The molecule has 1 heterocycles. The average Bonchev–Trinajstić information content (AvgIpc) is 2.83. The third-order valence-corrected chi connectivity index (χ3v) is 8.10. The number of thiophene rings is 1. The van der Waals surface area contributed by atoms with E-state index in [2.05, 4.69) is 10.0 Å². The molecule has 0 atom stereocenters. The summed E-state index contributed by atoms with van der Waals surface area (Å²) < 4.78 is 27.1. The zero-order valence-electron chi connectivity index (χ0n) is 11.7. The van der Waals surface area contributed by atoms with E-state index in [1.807, 2.05) is 6.26 Å². The number of nitrogens with one attached hydrogen (secondary N) is 2. The van der Waals surface area contributed by atoms with Crippen LogP contribution in [-0.4, -0.2) is 37.9 Å². The van der Waals surface area contributed by atoms with Crippen LogP contribution in [0.2, 0.25) is 0 Å². The van der Waals surface area contributed by atoms with Crippen LogP contribution in [0.15, 0.2) is 10.3 Å². The molecule has 2 rings (SSSR count). The lowest BCUT2D eigenvalue weighted by Crippen LogP contribution is -2.45. The van der Waals surface area contributed by atoms with E-state index >= 15 is 0 Å². The monoisotopic (exact) mass is 351 g/mol. The Balaban J connectivity index is 2.18. The molecule has 0 unspecified atom stereocenters. The first kappa shape index (κ1) is 16.5. The summed E-state index contributed by atoms with van der Waals surface area (Å²) in [6.45, 7) is 0.358. The highest BCUT2D eigenvalue weighted by Gasteiger charge is 2.37. The van der Waals surface area contributed by atoms with Crippen LogP contribution < -0.4 is 10.0 Å². The summed E-state index contributed by atoms with van der Waals surface area (Å²) in [6, 6.07) is 1.10. The minimum atomic E-state index is -3.71. The molecule has 2 N–H and O–H groups in total. The quantitative estimate of drug-likeness (QED) is 0.577. The lowest BCUT2D eigenvalue weighted by atomic mass is 9.84. The summed E-state index contributed by atoms with van der Waals surface area (Å²) >= 11 is 2.54. The van der Waals surface area contributed by atoms with Crippen molar-refractivity contribution in [3.8, 4) is 0 Å². The van der Waals surface area contributed by atoms with Gasteiger partial charge in [0.1, 0.15) is 4.21 Å². The van der Waals surface area contributed by atoms with Crippen LogP contribution in [0.1, 0.15) is 19.3 Å². The van der Waals surface area contributed by atoms with Gasteiger partial charge in [0.15, 0.2) is 5.00 Å². The minimum absolute atomic E-state index is 0.0257. The summed E-state index contributed by atoms with van der Waals surface area (Å²) in [5.41, 5.74) is -0.217. The van der Waals surface area contributed by atoms with Crippen molar-refractivity contribution in [3.05, 3.63) is 16.2 Å². The zero-order chi connectivity index (χ0) is 15.7. The molecule has 1 aliphatic rings. The molecule has 0 amide bonds. The molecule has 1 saturated carbocycles. The van der Waals surface area contributed by atoms with Gasteiger partial charge in [-0.1, -0.05) is 17.8 Å². The summed E-state index contributed by atoms with van der Waals surface area (Å²) in [6.07, 6.45) is 5.06. The molecule has 118 valence electrons. The van der Waals surface area contributed by atoms with E-state index in [1.54, 1.807) is 11.8 Å². The number of hydrogen-bond donors (Lipinski definition) is 2. The van der Waals surface area contributed by atoms with Gasteiger partial charge in [0.05, 0.1) is 4.92 Å². The van der Waals surface area contributed by atoms with Crippen molar-refractivity contribution in [2.75, 3.05) is 25.2 Å². The first-order chi connectivity index (χ1) is 9.83. The molecule has 0 radical (unpaired) electrons. The zero-order valence-corrected chi connectivity index (χ0v) is 14.2. The third-order valence-electron chi connectivity index (χ3n) is 3.66. The van der Waals surface area contributed by atoms with Crippen molar-refractivity contribution in [1.82, 2.24) is 4.72 Å². The largest absolute Gasteiger partial charge is 0.374 e. The lowest BCUT2D eigenvalue weighted by Gasteiger charge is -2.40. The van der Waals surface area contributed by atoms with E-state index in [9.17, 15) is 18.5 Å². The third kappa shape index (κ3) is 3.33.